The highest BCUT2D eigenvalue weighted by Crippen LogP contribution is 2.28. The first-order chi connectivity index (χ1) is 12.8. The molecule has 1 heterocycles. The van der Waals surface area contributed by atoms with Gasteiger partial charge >= 0.3 is 0 Å². The van der Waals surface area contributed by atoms with Gasteiger partial charge in [-0.05, 0) is 31.2 Å². The SMILES string of the molecule is CC1(COCOc2ccccc2S(=O)(=O)O)CN(c2ccccc2)NC1=O. The number of rotatable bonds is 7. The molecule has 9 heteroatoms. The van der Waals surface area contributed by atoms with Crippen LogP contribution in [0, 0.1) is 5.41 Å². The van der Waals surface area contributed by atoms with Gasteiger partial charge in [-0.1, -0.05) is 30.3 Å². The first-order valence-electron chi connectivity index (χ1n) is 8.20. The van der Waals surface area contributed by atoms with E-state index in [0.29, 0.717) is 6.54 Å². The van der Waals surface area contributed by atoms with Crippen LogP contribution in [0.3, 0.4) is 0 Å². The molecular formula is C18H20N2O6S. The van der Waals surface area contributed by atoms with Crippen LogP contribution in [0.2, 0.25) is 0 Å². The first kappa shape index (κ1) is 19.2. The van der Waals surface area contributed by atoms with Crippen LogP contribution in [0.15, 0.2) is 59.5 Å². The number of hydrogen-bond donors (Lipinski definition) is 2. The third kappa shape index (κ3) is 4.38. The van der Waals surface area contributed by atoms with Gasteiger partial charge in [-0.3, -0.25) is 19.8 Å². The third-order valence-corrected chi connectivity index (χ3v) is 5.10. The van der Waals surface area contributed by atoms with Crippen molar-refractivity contribution in [1.82, 2.24) is 5.43 Å². The molecule has 1 amide bonds. The molecule has 0 spiro atoms. The van der Waals surface area contributed by atoms with Crippen molar-refractivity contribution in [1.29, 1.82) is 0 Å². The summed E-state index contributed by atoms with van der Waals surface area (Å²) in [6.45, 7) is 2.01. The molecule has 0 bridgehead atoms. The Labute approximate surface area is 157 Å². The lowest BCUT2D eigenvalue weighted by Crippen LogP contribution is -2.35. The van der Waals surface area contributed by atoms with E-state index in [9.17, 15) is 17.8 Å². The number of nitrogens with zero attached hydrogens (tertiary/aromatic N) is 1. The van der Waals surface area contributed by atoms with Gasteiger partial charge in [0.15, 0.2) is 6.79 Å². The molecule has 2 aromatic carbocycles. The van der Waals surface area contributed by atoms with E-state index in [1.807, 2.05) is 30.3 Å². The normalized spacial score (nSPS) is 19.8. The Bertz CT molecular complexity index is 918. The molecular weight excluding hydrogens is 372 g/mol. The molecule has 2 N–H and O–H groups in total. The number of anilines is 1. The van der Waals surface area contributed by atoms with Crippen molar-refractivity contribution in [3.05, 3.63) is 54.6 Å². The molecule has 2 aromatic rings. The molecule has 3 rings (SSSR count). The highest BCUT2D eigenvalue weighted by Gasteiger charge is 2.42. The van der Waals surface area contributed by atoms with E-state index < -0.39 is 15.5 Å². The highest BCUT2D eigenvalue weighted by molar-refractivity contribution is 7.86. The van der Waals surface area contributed by atoms with Gasteiger partial charge in [-0.15, -0.1) is 0 Å². The molecule has 144 valence electrons. The Morgan fingerprint density at radius 3 is 2.52 bits per heavy atom. The van der Waals surface area contributed by atoms with Crippen molar-refractivity contribution in [3.63, 3.8) is 0 Å². The Kier molecular flexibility index (Phi) is 5.36. The summed E-state index contributed by atoms with van der Waals surface area (Å²) in [5, 5.41) is 1.75. The quantitative estimate of drug-likeness (QED) is 0.421. The van der Waals surface area contributed by atoms with E-state index in [-0.39, 0.29) is 30.0 Å². The molecule has 1 aliphatic heterocycles. The molecule has 27 heavy (non-hydrogen) atoms. The standard InChI is InChI=1S/C18H20N2O6S/c1-18(11-20(19-17(18)21)14-7-3-2-4-8-14)12-25-13-26-15-9-5-6-10-16(15)27(22,23)24/h2-10H,11-13H2,1H3,(H,19,21)(H,22,23,24). The number of nitrogens with one attached hydrogen (secondary N) is 1. The Hall–Kier alpha value is -2.62. The summed E-state index contributed by atoms with van der Waals surface area (Å²) in [4.78, 5) is 12.0. The maximum absolute atomic E-state index is 12.3. The number of hydrogen-bond acceptors (Lipinski definition) is 6. The minimum atomic E-state index is -4.40. The fraction of sp³-hybridized carbons (Fsp3) is 0.278. The number of carbonyl (C=O) groups excluding carboxylic acids is 1. The van der Waals surface area contributed by atoms with Crippen LogP contribution < -0.4 is 15.2 Å². The van der Waals surface area contributed by atoms with Crippen LogP contribution in [-0.4, -0.2) is 38.8 Å². The zero-order valence-corrected chi connectivity index (χ0v) is 15.5. The van der Waals surface area contributed by atoms with Crippen molar-refractivity contribution in [2.24, 2.45) is 5.41 Å². The van der Waals surface area contributed by atoms with Crippen molar-refractivity contribution in [2.75, 3.05) is 25.0 Å². The maximum atomic E-state index is 12.3. The monoisotopic (exact) mass is 392 g/mol. The minimum absolute atomic E-state index is 0.0214. The summed E-state index contributed by atoms with van der Waals surface area (Å²) in [6, 6.07) is 15.1. The van der Waals surface area contributed by atoms with Gasteiger partial charge in [0, 0.05) is 0 Å². The van der Waals surface area contributed by atoms with Crippen molar-refractivity contribution < 1.29 is 27.2 Å². The predicted octanol–water partition coefficient (Wildman–Crippen LogP) is 1.84. The van der Waals surface area contributed by atoms with E-state index in [4.69, 9.17) is 9.47 Å². The summed E-state index contributed by atoms with van der Waals surface area (Å²) < 4.78 is 42.6. The average Bonchev–Trinajstić information content (AvgIpc) is 2.94. The van der Waals surface area contributed by atoms with Crippen LogP contribution in [0.4, 0.5) is 5.69 Å². The molecule has 0 radical (unpaired) electrons. The Morgan fingerprint density at radius 2 is 1.81 bits per heavy atom. The zero-order valence-electron chi connectivity index (χ0n) is 14.7. The van der Waals surface area contributed by atoms with E-state index in [2.05, 4.69) is 5.43 Å². The topological polar surface area (TPSA) is 105 Å². The van der Waals surface area contributed by atoms with Gasteiger partial charge in [0.05, 0.1) is 24.3 Å². The highest BCUT2D eigenvalue weighted by atomic mass is 32.2. The molecule has 0 aliphatic carbocycles. The number of hydrazine groups is 1. The van der Waals surface area contributed by atoms with E-state index >= 15 is 0 Å². The summed E-state index contributed by atoms with van der Waals surface area (Å²) in [6.07, 6.45) is 0. The van der Waals surface area contributed by atoms with E-state index in [1.165, 1.54) is 18.2 Å². The third-order valence-electron chi connectivity index (χ3n) is 4.21. The van der Waals surface area contributed by atoms with Crippen molar-refractivity contribution >= 4 is 21.7 Å². The summed E-state index contributed by atoms with van der Waals surface area (Å²) >= 11 is 0. The smallest absolute Gasteiger partial charge is 0.298 e. The summed E-state index contributed by atoms with van der Waals surface area (Å²) in [5.74, 6) is -0.198. The van der Waals surface area contributed by atoms with Crippen LogP contribution in [-0.2, 0) is 19.6 Å². The van der Waals surface area contributed by atoms with Gasteiger partial charge in [0.2, 0.25) is 5.91 Å². The van der Waals surface area contributed by atoms with Gasteiger partial charge in [-0.25, -0.2) is 0 Å². The van der Waals surface area contributed by atoms with Gasteiger partial charge < -0.3 is 9.47 Å². The number of ether oxygens (including phenoxy) is 2. The molecule has 8 nitrogen and oxygen atoms in total. The lowest BCUT2D eigenvalue weighted by atomic mass is 9.92. The maximum Gasteiger partial charge on any atom is 0.298 e. The molecule has 1 saturated heterocycles. The largest absolute Gasteiger partial charge is 0.466 e. The number of para-hydroxylation sites is 2. The first-order valence-corrected chi connectivity index (χ1v) is 9.64. The minimum Gasteiger partial charge on any atom is -0.466 e. The van der Waals surface area contributed by atoms with Gasteiger partial charge in [0.1, 0.15) is 10.6 Å². The number of benzene rings is 2. The van der Waals surface area contributed by atoms with Crippen LogP contribution in [0.25, 0.3) is 0 Å². The lowest BCUT2D eigenvalue weighted by molar-refractivity contribution is -0.131. The van der Waals surface area contributed by atoms with Crippen LogP contribution >= 0.6 is 0 Å². The van der Waals surface area contributed by atoms with Crippen molar-refractivity contribution in [3.8, 4) is 5.75 Å². The fourth-order valence-corrected chi connectivity index (χ4v) is 3.38. The van der Waals surface area contributed by atoms with E-state index in [0.717, 1.165) is 5.69 Å². The molecule has 1 atom stereocenters. The molecule has 1 unspecified atom stereocenters. The Balaban J connectivity index is 1.57. The second-order valence-corrected chi connectivity index (χ2v) is 7.85. The molecule has 1 fully saturated rings. The lowest BCUT2D eigenvalue weighted by Gasteiger charge is -2.21. The van der Waals surface area contributed by atoms with E-state index in [1.54, 1.807) is 18.0 Å². The molecule has 1 aliphatic rings. The molecule has 0 aromatic heterocycles. The van der Waals surface area contributed by atoms with Gasteiger partial charge in [0.25, 0.3) is 10.1 Å². The van der Waals surface area contributed by atoms with Crippen LogP contribution in [0.1, 0.15) is 6.92 Å². The van der Waals surface area contributed by atoms with Gasteiger partial charge in [-0.2, -0.15) is 8.42 Å². The second kappa shape index (κ2) is 7.55. The second-order valence-electron chi connectivity index (χ2n) is 6.46. The number of amides is 1. The molecule has 0 saturated carbocycles. The predicted molar refractivity (Wildman–Crippen MR) is 97.7 cm³/mol. The van der Waals surface area contributed by atoms with Crippen LogP contribution in [0.5, 0.6) is 5.75 Å². The van der Waals surface area contributed by atoms with Crippen molar-refractivity contribution in [2.45, 2.75) is 11.8 Å². The fourth-order valence-electron chi connectivity index (χ4n) is 2.75. The average molecular weight is 392 g/mol. The zero-order chi connectivity index (χ0) is 19.5. The summed E-state index contributed by atoms with van der Waals surface area (Å²) in [7, 11) is -4.40. The number of carbonyl (C=O) groups is 1. The summed E-state index contributed by atoms with van der Waals surface area (Å²) in [5.41, 5.74) is 2.89. The Morgan fingerprint density at radius 1 is 1.15 bits per heavy atom.